The van der Waals surface area contributed by atoms with E-state index in [9.17, 15) is 4.39 Å². The molecular weight excluding hydrogens is 271 g/mol. The SMILES string of the molecule is CCCc1ccc(-c2ccc(-c3ccc(F)cc3)cc2)cc1. The van der Waals surface area contributed by atoms with Gasteiger partial charge in [0.15, 0.2) is 0 Å². The maximum Gasteiger partial charge on any atom is 0.123 e. The van der Waals surface area contributed by atoms with Gasteiger partial charge in [-0.05, 0) is 46.4 Å². The Bertz CT molecular complexity index is 722. The van der Waals surface area contributed by atoms with Crippen molar-refractivity contribution in [1.29, 1.82) is 0 Å². The minimum Gasteiger partial charge on any atom is -0.207 e. The van der Waals surface area contributed by atoms with Crippen LogP contribution in [0.4, 0.5) is 4.39 Å². The van der Waals surface area contributed by atoms with Gasteiger partial charge in [-0.1, -0.05) is 74.0 Å². The molecule has 0 radical (unpaired) electrons. The smallest absolute Gasteiger partial charge is 0.123 e. The lowest BCUT2D eigenvalue weighted by molar-refractivity contribution is 0.628. The second-order valence-electron chi connectivity index (χ2n) is 5.53. The molecule has 3 aromatic carbocycles. The molecule has 0 fully saturated rings. The normalized spacial score (nSPS) is 10.6. The van der Waals surface area contributed by atoms with E-state index in [1.165, 1.54) is 35.2 Å². The summed E-state index contributed by atoms with van der Waals surface area (Å²) < 4.78 is 13.0. The summed E-state index contributed by atoms with van der Waals surface area (Å²) in [6.07, 6.45) is 2.30. The van der Waals surface area contributed by atoms with Gasteiger partial charge in [-0.25, -0.2) is 4.39 Å². The molecule has 0 nitrogen and oxygen atoms in total. The summed E-state index contributed by atoms with van der Waals surface area (Å²) in [6, 6.07) is 23.8. The minimum atomic E-state index is -0.201. The summed E-state index contributed by atoms with van der Waals surface area (Å²) in [5.41, 5.74) is 5.95. The van der Waals surface area contributed by atoms with Crippen LogP contribution < -0.4 is 0 Å². The summed E-state index contributed by atoms with van der Waals surface area (Å²) in [7, 11) is 0. The van der Waals surface area contributed by atoms with Crippen molar-refractivity contribution in [1.82, 2.24) is 0 Å². The Morgan fingerprint density at radius 2 is 0.955 bits per heavy atom. The highest BCUT2D eigenvalue weighted by molar-refractivity contribution is 5.70. The Morgan fingerprint density at radius 1 is 0.591 bits per heavy atom. The van der Waals surface area contributed by atoms with Gasteiger partial charge in [0.1, 0.15) is 5.82 Å². The molecule has 0 N–H and O–H groups in total. The lowest BCUT2D eigenvalue weighted by Crippen LogP contribution is -1.84. The molecule has 0 unspecified atom stereocenters. The van der Waals surface area contributed by atoms with E-state index >= 15 is 0 Å². The van der Waals surface area contributed by atoms with Gasteiger partial charge in [0.2, 0.25) is 0 Å². The molecule has 3 rings (SSSR count). The number of rotatable bonds is 4. The summed E-state index contributed by atoms with van der Waals surface area (Å²) in [4.78, 5) is 0. The Kier molecular flexibility index (Phi) is 4.34. The zero-order chi connectivity index (χ0) is 15.4. The molecule has 0 aliphatic rings. The third kappa shape index (κ3) is 3.25. The fourth-order valence-electron chi connectivity index (χ4n) is 2.65. The van der Waals surface area contributed by atoms with Crippen LogP contribution in [-0.2, 0) is 6.42 Å². The average molecular weight is 290 g/mol. The molecule has 110 valence electrons. The van der Waals surface area contributed by atoms with Crippen molar-refractivity contribution in [2.45, 2.75) is 19.8 Å². The first-order valence-electron chi connectivity index (χ1n) is 7.71. The van der Waals surface area contributed by atoms with Gasteiger partial charge in [-0.2, -0.15) is 0 Å². The summed E-state index contributed by atoms with van der Waals surface area (Å²) >= 11 is 0. The van der Waals surface area contributed by atoms with Crippen LogP contribution in [0.5, 0.6) is 0 Å². The van der Waals surface area contributed by atoms with Crippen molar-refractivity contribution in [2.75, 3.05) is 0 Å². The van der Waals surface area contributed by atoms with Crippen LogP contribution in [-0.4, -0.2) is 0 Å². The first-order valence-corrected chi connectivity index (χ1v) is 7.71. The van der Waals surface area contributed by atoms with Gasteiger partial charge in [0, 0.05) is 0 Å². The van der Waals surface area contributed by atoms with Crippen molar-refractivity contribution in [3.63, 3.8) is 0 Å². The molecule has 0 spiro atoms. The van der Waals surface area contributed by atoms with Crippen LogP contribution in [0, 0.1) is 5.82 Å². The second-order valence-corrected chi connectivity index (χ2v) is 5.53. The van der Waals surface area contributed by atoms with Crippen molar-refractivity contribution >= 4 is 0 Å². The topological polar surface area (TPSA) is 0 Å². The van der Waals surface area contributed by atoms with Crippen LogP contribution in [0.3, 0.4) is 0 Å². The van der Waals surface area contributed by atoms with Gasteiger partial charge < -0.3 is 0 Å². The van der Waals surface area contributed by atoms with E-state index in [2.05, 4.69) is 55.5 Å². The van der Waals surface area contributed by atoms with Gasteiger partial charge in [0.05, 0.1) is 0 Å². The Hall–Kier alpha value is -2.41. The lowest BCUT2D eigenvalue weighted by Gasteiger charge is -2.06. The highest BCUT2D eigenvalue weighted by Gasteiger charge is 2.01. The number of hydrogen-bond donors (Lipinski definition) is 0. The van der Waals surface area contributed by atoms with Crippen molar-refractivity contribution in [3.05, 3.63) is 84.2 Å². The summed E-state index contributed by atoms with van der Waals surface area (Å²) in [6.45, 7) is 2.20. The van der Waals surface area contributed by atoms with E-state index < -0.39 is 0 Å². The van der Waals surface area contributed by atoms with Crippen molar-refractivity contribution in [2.24, 2.45) is 0 Å². The first-order chi connectivity index (χ1) is 10.8. The molecule has 0 aliphatic heterocycles. The van der Waals surface area contributed by atoms with Crippen LogP contribution in [0.2, 0.25) is 0 Å². The molecule has 0 saturated heterocycles. The van der Waals surface area contributed by atoms with Gasteiger partial charge in [-0.15, -0.1) is 0 Å². The highest BCUT2D eigenvalue weighted by Crippen LogP contribution is 2.25. The second kappa shape index (κ2) is 6.57. The lowest BCUT2D eigenvalue weighted by atomic mass is 9.99. The Labute approximate surface area is 131 Å². The summed E-state index contributed by atoms with van der Waals surface area (Å²) in [5.74, 6) is -0.201. The molecular formula is C21H19F. The molecule has 0 aromatic heterocycles. The van der Waals surface area contributed by atoms with Crippen LogP contribution in [0.15, 0.2) is 72.8 Å². The van der Waals surface area contributed by atoms with E-state index in [1.807, 2.05) is 12.1 Å². The highest BCUT2D eigenvalue weighted by atomic mass is 19.1. The fourth-order valence-corrected chi connectivity index (χ4v) is 2.65. The van der Waals surface area contributed by atoms with Crippen LogP contribution >= 0.6 is 0 Å². The van der Waals surface area contributed by atoms with Gasteiger partial charge >= 0.3 is 0 Å². The number of halogens is 1. The Balaban J connectivity index is 1.83. The number of aryl methyl sites for hydroxylation is 1. The van der Waals surface area contributed by atoms with E-state index in [0.717, 1.165) is 17.5 Å². The molecule has 0 amide bonds. The number of benzene rings is 3. The molecule has 0 atom stereocenters. The monoisotopic (exact) mass is 290 g/mol. The van der Waals surface area contributed by atoms with Gasteiger partial charge in [-0.3, -0.25) is 0 Å². The average Bonchev–Trinajstić information content (AvgIpc) is 2.57. The Morgan fingerprint density at radius 3 is 1.36 bits per heavy atom. The zero-order valence-corrected chi connectivity index (χ0v) is 12.7. The predicted molar refractivity (Wildman–Crippen MR) is 91.3 cm³/mol. The molecule has 0 aliphatic carbocycles. The van der Waals surface area contributed by atoms with E-state index in [1.54, 1.807) is 0 Å². The van der Waals surface area contributed by atoms with E-state index in [0.29, 0.717) is 0 Å². The predicted octanol–water partition coefficient (Wildman–Crippen LogP) is 6.11. The molecule has 0 saturated carbocycles. The van der Waals surface area contributed by atoms with Crippen molar-refractivity contribution in [3.8, 4) is 22.3 Å². The summed E-state index contributed by atoms with van der Waals surface area (Å²) in [5, 5.41) is 0. The molecule has 3 aromatic rings. The number of hydrogen-bond acceptors (Lipinski definition) is 0. The van der Waals surface area contributed by atoms with E-state index in [4.69, 9.17) is 0 Å². The third-order valence-electron chi connectivity index (χ3n) is 3.89. The van der Waals surface area contributed by atoms with Crippen molar-refractivity contribution < 1.29 is 4.39 Å². The first kappa shape index (κ1) is 14.5. The maximum atomic E-state index is 13.0. The zero-order valence-electron chi connectivity index (χ0n) is 12.7. The standard InChI is InChI=1S/C21H19F/c1-2-3-16-4-6-17(7-5-16)18-8-10-19(11-9-18)20-12-14-21(22)15-13-20/h4-15H,2-3H2,1H3. The maximum absolute atomic E-state index is 13.0. The minimum absolute atomic E-state index is 0.201. The molecule has 1 heteroatoms. The quantitative estimate of drug-likeness (QED) is 0.543. The fraction of sp³-hybridized carbons (Fsp3) is 0.143. The molecule has 0 heterocycles. The van der Waals surface area contributed by atoms with Gasteiger partial charge in [0.25, 0.3) is 0 Å². The molecule has 0 bridgehead atoms. The third-order valence-corrected chi connectivity index (χ3v) is 3.89. The van der Waals surface area contributed by atoms with E-state index in [-0.39, 0.29) is 5.82 Å². The molecule has 22 heavy (non-hydrogen) atoms. The van der Waals surface area contributed by atoms with Crippen LogP contribution in [0.25, 0.3) is 22.3 Å². The largest absolute Gasteiger partial charge is 0.207 e. The van der Waals surface area contributed by atoms with Crippen LogP contribution in [0.1, 0.15) is 18.9 Å².